The molecule has 0 amide bonds. The van der Waals surface area contributed by atoms with Crippen LogP contribution in [-0.2, 0) is 25.4 Å². The van der Waals surface area contributed by atoms with Gasteiger partial charge in [0.1, 0.15) is 6.54 Å². The van der Waals surface area contributed by atoms with Gasteiger partial charge in [-0.2, -0.15) is 0 Å². The van der Waals surface area contributed by atoms with Crippen LogP contribution in [0.5, 0.6) is 0 Å². The molecule has 0 unspecified atom stereocenters. The fourth-order valence-electron chi connectivity index (χ4n) is 2.43. The number of imidazole rings is 1. The van der Waals surface area contributed by atoms with E-state index in [1.54, 1.807) is 11.9 Å². The highest BCUT2D eigenvalue weighted by Gasteiger charge is 2.16. The molecule has 2 aromatic rings. The molecule has 12 heteroatoms. The molecule has 0 aliphatic heterocycles. The minimum Gasteiger partial charge on any atom is -0.480 e. The lowest BCUT2D eigenvalue weighted by molar-refractivity contribution is -0.137. The molecule has 0 spiro atoms. The fourth-order valence-corrected chi connectivity index (χ4v) is 2.43. The first-order valence-corrected chi connectivity index (χ1v) is 8.16. The number of rotatable bonds is 8. The van der Waals surface area contributed by atoms with Gasteiger partial charge in [-0.15, -0.1) is 0 Å². The maximum Gasteiger partial charge on any atom is 0.333 e. The molecule has 0 saturated carbocycles. The van der Waals surface area contributed by atoms with Gasteiger partial charge in [0.25, 0.3) is 5.56 Å². The van der Waals surface area contributed by atoms with Crippen LogP contribution in [0.4, 0.5) is 0 Å². The average Bonchev–Trinajstić information content (AvgIpc) is 3.00. The van der Waals surface area contributed by atoms with Crippen LogP contribution in [0.1, 0.15) is 0 Å². The SMILES string of the molecule is Cn1cnc2c1c(=O)n(CC(=O)O)c(=O)n2C.OCCN(CCO)CCO. The van der Waals surface area contributed by atoms with E-state index in [9.17, 15) is 14.4 Å². The van der Waals surface area contributed by atoms with Crippen molar-refractivity contribution in [2.75, 3.05) is 39.5 Å². The second-order valence-electron chi connectivity index (χ2n) is 5.67. The Kier molecular flexibility index (Phi) is 8.81. The third-order valence-electron chi connectivity index (χ3n) is 3.74. The summed E-state index contributed by atoms with van der Waals surface area (Å²) in [6.07, 6.45) is 1.40. The van der Waals surface area contributed by atoms with Gasteiger partial charge in [-0.25, -0.2) is 14.3 Å². The Morgan fingerprint density at radius 3 is 2.04 bits per heavy atom. The minimum atomic E-state index is -1.24. The van der Waals surface area contributed by atoms with Crippen LogP contribution in [0.25, 0.3) is 11.2 Å². The Labute approximate surface area is 154 Å². The van der Waals surface area contributed by atoms with Gasteiger partial charge in [-0.3, -0.25) is 19.1 Å². The lowest BCUT2D eigenvalue weighted by atomic mass is 10.4. The molecule has 152 valence electrons. The summed E-state index contributed by atoms with van der Waals surface area (Å²) in [5.41, 5.74) is -0.897. The zero-order valence-corrected chi connectivity index (χ0v) is 15.3. The van der Waals surface area contributed by atoms with E-state index in [0.717, 1.165) is 4.57 Å². The zero-order chi connectivity index (χ0) is 20.6. The predicted molar refractivity (Wildman–Crippen MR) is 95.5 cm³/mol. The maximum absolute atomic E-state index is 11.9. The number of aliphatic carboxylic acids is 1. The van der Waals surface area contributed by atoms with E-state index in [4.69, 9.17) is 20.4 Å². The highest BCUT2D eigenvalue weighted by molar-refractivity contribution is 5.71. The second-order valence-corrected chi connectivity index (χ2v) is 5.67. The van der Waals surface area contributed by atoms with Crippen molar-refractivity contribution >= 4 is 17.1 Å². The van der Waals surface area contributed by atoms with Gasteiger partial charge in [-0.05, 0) is 0 Å². The largest absolute Gasteiger partial charge is 0.480 e. The maximum atomic E-state index is 11.9. The summed E-state index contributed by atoms with van der Waals surface area (Å²) < 4.78 is 3.28. The summed E-state index contributed by atoms with van der Waals surface area (Å²) in [5, 5.41) is 34.1. The molecule has 0 bridgehead atoms. The fraction of sp³-hybridized carbons (Fsp3) is 0.600. The Hall–Kier alpha value is -2.54. The third kappa shape index (κ3) is 5.72. The summed E-state index contributed by atoms with van der Waals surface area (Å²) in [6.45, 7) is 1.09. The van der Waals surface area contributed by atoms with Gasteiger partial charge >= 0.3 is 11.7 Å². The summed E-state index contributed by atoms with van der Waals surface area (Å²) in [7, 11) is 3.04. The Balaban J connectivity index is 0.000000314. The highest BCUT2D eigenvalue weighted by Crippen LogP contribution is 2.02. The standard InChI is InChI=1S/C9H10N4O4.C6H15NO3/c1-11-4-10-7-6(11)8(16)13(3-5(14)15)9(17)12(7)2;8-4-1-7(2-5-9)3-6-10/h4H,3H2,1-2H3,(H,14,15);8-10H,1-6H2. The highest BCUT2D eigenvalue weighted by atomic mass is 16.4. The second kappa shape index (κ2) is 10.6. The molecule has 4 N–H and O–H groups in total. The van der Waals surface area contributed by atoms with E-state index < -0.39 is 23.8 Å². The van der Waals surface area contributed by atoms with Crippen molar-refractivity contribution in [3.05, 3.63) is 27.2 Å². The normalized spacial score (nSPS) is 10.9. The number of fused-ring (bicyclic) bond motifs is 1. The first kappa shape index (κ1) is 22.5. The van der Waals surface area contributed by atoms with Crippen molar-refractivity contribution in [3.63, 3.8) is 0 Å². The van der Waals surface area contributed by atoms with Gasteiger partial charge in [0, 0.05) is 33.7 Å². The summed E-state index contributed by atoms with van der Waals surface area (Å²) in [5.74, 6) is -1.24. The topological polar surface area (TPSA) is 163 Å². The molecule has 2 aromatic heterocycles. The Bertz CT molecular complexity index is 856. The van der Waals surface area contributed by atoms with E-state index >= 15 is 0 Å². The molecule has 0 aliphatic carbocycles. The Morgan fingerprint density at radius 2 is 1.59 bits per heavy atom. The quantitative estimate of drug-likeness (QED) is 0.365. The van der Waals surface area contributed by atoms with Gasteiger partial charge in [-0.1, -0.05) is 0 Å². The first-order chi connectivity index (χ1) is 12.8. The van der Waals surface area contributed by atoms with Crippen LogP contribution >= 0.6 is 0 Å². The number of hydrogen-bond donors (Lipinski definition) is 4. The van der Waals surface area contributed by atoms with Crippen LogP contribution < -0.4 is 11.2 Å². The van der Waals surface area contributed by atoms with Crippen molar-refractivity contribution in [1.82, 2.24) is 23.6 Å². The number of carboxylic acids is 1. The van der Waals surface area contributed by atoms with Crippen LogP contribution in [0, 0.1) is 0 Å². The molecular weight excluding hydrogens is 362 g/mol. The number of hydrogen-bond acceptors (Lipinski definition) is 8. The summed E-state index contributed by atoms with van der Waals surface area (Å²) in [6, 6.07) is 0. The molecule has 0 radical (unpaired) electrons. The Morgan fingerprint density at radius 1 is 1.07 bits per heavy atom. The number of carboxylic acid groups (broad SMARTS) is 1. The number of nitrogens with zero attached hydrogens (tertiary/aromatic N) is 5. The number of aliphatic hydroxyl groups is 3. The van der Waals surface area contributed by atoms with Gasteiger partial charge in [0.15, 0.2) is 11.2 Å². The van der Waals surface area contributed by atoms with Crippen molar-refractivity contribution in [2.24, 2.45) is 14.1 Å². The predicted octanol–water partition coefficient (Wildman–Crippen LogP) is -3.22. The number of carbonyl (C=O) groups is 1. The van der Waals surface area contributed by atoms with E-state index in [1.165, 1.54) is 17.9 Å². The number of aliphatic hydroxyl groups excluding tert-OH is 3. The number of aryl methyl sites for hydroxylation is 2. The van der Waals surface area contributed by atoms with Crippen LogP contribution in [-0.4, -0.2) is 89.4 Å². The zero-order valence-electron chi connectivity index (χ0n) is 15.3. The molecule has 12 nitrogen and oxygen atoms in total. The number of aromatic nitrogens is 4. The van der Waals surface area contributed by atoms with Crippen LogP contribution in [0.3, 0.4) is 0 Å². The third-order valence-corrected chi connectivity index (χ3v) is 3.74. The molecule has 2 heterocycles. The van der Waals surface area contributed by atoms with Crippen molar-refractivity contribution < 1.29 is 25.2 Å². The lowest BCUT2D eigenvalue weighted by Gasteiger charge is -2.17. The summed E-state index contributed by atoms with van der Waals surface area (Å²) in [4.78, 5) is 40.0. The molecule has 0 aliphatic rings. The monoisotopic (exact) mass is 387 g/mol. The molecule has 27 heavy (non-hydrogen) atoms. The average molecular weight is 387 g/mol. The molecule has 0 fully saturated rings. The molecule has 0 saturated heterocycles. The first-order valence-electron chi connectivity index (χ1n) is 8.16. The van der Waals surface area contributed by atoms with Crippen molar-refractivity contribution in [2.45, 2.75) is 6.54 Å². The van der Waals surface area contributed by atoms with Gasteiger partial charge in [0.05, 0.1) is 26.1 Å². The minimum absolute atomic E-state index is 0.0694. The van der Waals surface area contributed by atoms with Crippen molar-refractivity contribution in [3.8, 4) is 0 Å². The van der Waals surface area contributed by atoms with Gasteiger partial charge in [0.2, 0.25) is 0 Å². The van der Waals surface area contributed by atoms with Crippen LogP contribution in [0.15, 0.2) is 15.9 Å². The van der Waals surface area contributed by atoms with E-state index in [2.05, 4.69) is 4.98 Å². The van der Waals surface area contributed by atoms with E-state index in [1.807, 2.05) is 0 Å². The van der Waals surface area contributed by atoms with E-state index in [0.29, 0.717) is 24.2 Å². The van der Waals surface area contributed by atoms with Crippen LogP contribution in [0.2, 0.25) is 0 Å². The molecule has 0 aromatic carbocycles. The van der Waals surface area contributed by atoms with Gasteiger partial charge < -0.3 is 25.0 Å². The molecular formula is C15H25N5O7. The summed E-state index contributed by atoms with van der Waals surface area (Å²) >= 11 is 0. The van der Waals surface area contributed by atoms with Crippen molar-refractivity contribution in [1.29, 1.82) is 0 Å². The molecule has 0 atom stereocenters. The van der Waals surface area contributed by atoms with E-state index in [-0.39, 0.29) is 31.0 Å². The smallest absolute Gasteiger partial charge is 0.333 e. The lowest BCUT2D eigenvalue weighted by Crippen LogP contribution is -2.41. The molecule has 2 rings (SSSR count).